The van der Waals surface area contributed by atoms with Crippen LogP contribution >= 0.6 is 27.5 Å². The molecule has 18 heavy (non-hydrogen) atoms. The fourth-order valence-corrected chi connectivity index (χ4v) is 2.08. The maximum absolute atomic E-state index is 13.7. The highest BCUT2D eigenvalue weighted by Gasteiger charge is 2.13. The Labute approximate surface area is 118 Å². The van der Waals surface area contributed by atoms with Crippen LogP contribution in [0.25, 0.3) is 0 Å². The third-order valence-electron chi connectivity index (χ3n) is 2.60. The predicted octanol–water partition coefficient (Wildman–Crippen LogP) is 3.88. The minimum absolute atomic E-state index is 0.114. The van der Waals surface area contributed by atoms with Crippen LogP contribution in [0, 0.1) is 5.82 Å². The Bertz CT molecular complexity index is 545. The van der Waals surface area contributed by atoms with Crippen LogP contribution in [0.15, 0.2) is 41.0 Å². The van der Waals surface area contributed by atoms with Gasteiger partial charge in [0.1, 0.15) is 5.82 Å². The number of nitrogens with zero attached hydrogens (tertiary/aromatic N) is 1. The Morgan fingerprint density at radius 1 is 1.33 bits per heavy atom. The van der Waals surface area contributed by atoms with E-state index in [1.807, 2.05) is 12.1 Å². The molecule has 0 bridgehead atoms. The maximum Gasteiger partial charge on any atom is 0.145 e. The Morgan fingerprint density at radius 2 is 2.11 bits per heavy atom. The summed E-state index contributed by atoms with van der Waals surface area (Å²) in [5, 5.41) is 0.114. The Balaban J connectivity index is 2.18. The lowest BCUT2D eigenvalue weighted by atomic mass is 10.0. The summed E-state index contributed by atoms with van der Waals surface area (Å²) in [5.41, 5.74) is 7.23. The molecule has 2 aromatic rings. The standard InChI is InChI=1S/C13H11BrClFN2/c14-9-4-5-12(18-7-9)11(17)6-8-2-1-3-10(15)13(8)16/h1-5,7,11H,6,17H2. The second kappa shape index (κ2) is 5.78. The van der Waals surface area contributed by atoms with Crippen molar-refractivity contribution in [1.29, 1.82) is 0 Å². The van der Waals surface area contributed by atoms with Crippen LogP contribution in [0.4, 0.5) is 4.39 Å². The van der Waals surface area contributed by atoms with Crippen LogP contribution in [0.1, 0.15) is 17.3 Å². The van der Waals surface area contributed by atoms with E-state index in [0.717, 1.165) is 10.2 Å². The SMILES string of the molecule is NC(Cc1cccc(Cl)c1F)c1ccc(Br)cn1. The lowest BCUT2D eigenvalue weighted by Gasteiger charge is -2.12. The molecular weight excluding hydrogens is 319 g/mol. The highest BCUT2D eigenvalue weighted by molar-refractivity contribution is 9.10. The van der Waals surface area contributed by atoms with Crippen molar-refractivity contribution in [3.63, 3.8) is 0 Å². The number of halogens is 3. The molecule has 5 heteroatoms. The molecule has 1 heterocycles. The fourth-order valence-electron chi connectivity index (χ4n) is 1.65. The molecule has 1 atom stereocenters. The van der Waals surface area contributed by atoms with Crippen molar-refractivity contribution in [2.75, 3.05) is 0 Å². The molecule has 1 unspecified atom stereocenters. The van der Waals surface area contributed by atoms with Gasteiger partial charge in [0, 0.05) is 10.7 Å². The minimum atomic E-state index is -0.410. The predicted molar refractivity (Wildman–Crippen MR) is 74.0 cm³/mol. The Hall–Kier alpha value is -0.970. The van der Waals surface area contributed by atoms with Gasteiger partial charge >= 0.3 is 0 Å². The van der Waals surface area contributed by atoms with Crippen LogP contribution in [0.5, 0.6) is 0 Å². The molecular formula is C13H11BrClFN2. The van der Waals surface area contributed by atoms with Gasteiger partial charge in [-0.1, -0.05) is 23.7 Å². The summed E-state index contributed by atoms with van der Waals surface area (Å²) in [6.07, 6.45) is 2.03. The Kier molecular flexibility index (Phi) is 4.32. The molecule has 2 nitrogen and oxygen atoms in total. The largest absolute Gasteiger partial charge is 0.322 e. The molecule has 0 saturated carbocycles. The van der Waals surface area contributed by atoms with Gasteiger partial charge in [0.2, 0.25) is 0 Å². The zero-order valence-electron chi connectivity index (χ0n) is 9.41. The molecule has 2 N–H and O–H groups in total. The van der Waals surface area contributed by atoms with Crippen molar-refractivity contribution in [3.05, 3.63) is 63.1 Å². The second-order valence-corrected chi connectivity index (χ2v) is 5.25. The van der Waals surface area contributed by atoms with E-state index < -0.39 is 5.82 Å². The highest BCUT2D eigenvalue weighted by atomic mass is 79.9. The van der Waals surface area contributed by atoms with Gasteiger partial charge in [-0.2, -0.15) is 0 Å². The first-order valence-electron chi connectivity index (χ1n) is 5.38. The lowest BCUT2D eigenvalue weighted by molar-refractivity contribution is 0.590. The summed E-state index contributed by atoms with van der Waals surface area (Å²) in [6, 6.07) is 8.23. The molecule has 1 aromatic carbocycles. The molecule has 2 rings (SSSR count). The van der Waals surface area contributed by atoms with Gasteiger partial charge in [0.05, 0.1) is 16.8 Å². The topological polar surface area (TPSA) is 38.9 Å². The van der Waals surface area contributed by atoms with Gasteiger partial charge in [0.25, 0.3) is 0 Å². The van der Waals surface area contributed by atoms with Crippen molar-refractivity contribution in [2.45, 2.75) is 12.5 Å². The molecule has 0 aliphatic rings. The van der Waals surface area contributed by atoms with E-state index in [-0.39, 0.29) is 11.1 Å². The molecule has 0 aliphatic carbocycles. The number of nitrogens with two attached hydrogens (primary N) is 1. The summed E-state index contributed by atoms with van der Waals surface area (Å²) >= 11 is 9.03. The van der Waals surface area contributed by atoms with Crippen molar-refractivity contribution >= 4 is 27.5 Å². The number of hydrogen-bond acceptors (Lipinski definition) is 2. The summed E-state index contributed by atoms with van der Waals surface area (Å²) in [4.78, 5) is 4.20. The first-order chi connectivity index (χ1) is 8.58. The quantitative estimate of drug-likeness (QED) is 0.928. The zero-order chi connectivity index (χ0) is 13.1. The molecule has 0 spiro atoms. The molecule has 0 saturated heterocycles. The minimum Gasteiger partial charge on any atom is -0.322 e. The first kappa shape index (κ1) is 13.5. The van der Waals surface area contributed by atoms with E-state index >= 15 is 0 Å². The maximum atomic E-state index is 13.7. The van der Waals surface area contributed by atoms with Gasteiger partial charge in [-0.25, -0.2) is 4.39 Å². The van der Waals surface area contributed by atoms with E-state index in [4.69, 9.17) is 17.3 Å². The fraction of sp³-hybridized carbons (Fsp3) is 0.154. The van der Waals surface area contributed by atoms with Crippen molar-refractivity contribution < 1.29 is 4.39 Å². The van der Waals surface area contributed by atoms with E-state index in [1.165, 1.54) is 6.07 Å². The molecule has 0 radical (unpaired) electrons. The third-order valence-corrected chi connectivity index (χ3v) is 3.36. The molecule has 94 valence electrons. The monoisotopic (exact) mass is 328 g/mol. The molecule has 0 aliphatic heterocycles. The summed E-state index contributed by atoms with van der Waals surface area (Å²) in [7, 11) is 0. The van der Waals surface area contributed by atoms with Gasteiger partial charge in [-0.05, 0) is 46.1 Å². The average molecular weight is 330 g/mol. The normalized spacial score (nSPS) is 12.4. The first-order valence-corrected chi connectivity index (χ1v) is 6.55. The highest BCUT2D eigenvalue weighted by Crippen LogP contribution is 2.22. The Morgan fingerprint density at radius 3 is 2.78 bits per heavy atom. The van der Waals surface area contributed by atoms with E-state index in [2.05, 4.69) is 20.9 Å². The van der Waals surface area contributed by atoms with Gasteiger partial charge in [0.15, 0.2) is 0 Å². The van der Waals surface area contributed by atoms with Crippen molar-refractivity contribution in [2.24, 2.45) is 5.73 Å². The number of benzene rings is 1. The van der Waals surface area contributed by atoms with Crippen LogP contribution < -0.4 is 5.73 Å². The number of pyridine rings is 1. The van der Waals surface area contributed by atoms with Crippen LogP contribution in [0.2, 0.25) is 5.02 Å². The van der Waals surface area contributed by atoms with Gasteiger partial charge in [-0.15, -0.1) is 0 Å². The molecule has 1 aromatic heterocycles. The number of aromatic nitrogens is 1. The van der Waals surface area contributed by atoms with E-state index in [1.54, 1.807) is 18.3 Å². The van der Waals surface area contributed by atoms with Crippen LogP contribution in [-0.4, -0.2) is 4.98 Å². The second-order valence-electron chi connectivity index (χ2n) is 3.92. The van der Waals surface area contributed by atoms with Gasteiger partial charge < -0.3 is 5.73 Å². The summed E-state index contributed by atoms with van der Waals surface area (Å²) in [6.45, 7) is 0. The van der Waals surface area contributed by atoms with Crippen LogP contribution in [0.3, 0.4) is 0 Å². The zero-order valence-corrected chi connectivity index (χ0v) is 11.7. The third kappa shape index (κ3) is 3.07. The number of hydrogen-bond donors (Lipinski definition) is 1. The van der Waals surface area contributed by atoms with Crippen LogP contribution in [-0.2, 0) is 6.42 Å². The van der Waals surface area contributed by atoms with E-state index in [0.29, 0.717) is 12.0 Å². The summed E-state index contributed by atoms with van der Waals surface area (Å²) in [5.74, 6) is -0.410. The summed E-state index contributed by atoms with van der Waals surface area (Å²) < 4.78 is 14.6. The van der Waals surface area contributed by atoms with Gasteiger partial charge in [-0.3, -0.25) is 4.98 Å². The average Bonchev–Trinajstić information content (AvgIpc) is 2.36. The smallest absolute Gasteiger partial charge is 0.145 e. The van der Waals surface area contributed by atoms with E-state index in [9.17, 15) is 4.39 Å². The van der Waals surface area contributed by atoms with Crippen molar-refractivity contribution in [1.82, 2.24) is 4.98 Å². The lowest BCUT2D eigenvalue weighted by Crippen LogP contribution is -2.15. The number of rotatable bonds is 3. The molecule has 0 fully saturated rings. The molecule has 0 amide bonds. The van der Waals surface area contributed by atoms with Crippen molar-refractivity contribution in [3.8, 4) is 0 Å².